The summed E-state index contributed by atoms with van der Waals surface area (Å²) in [5.74, 6) is 0.209. The van der Waals surface area contributed by atoms with Crippen molar-refractivity contribution in [1.29, 1.82) is 0 Å². The van der Waals surface area contributed by atoms with Crippen LogP contribution in [-0.4, -0.2) is 74.1 Å². The summed E-state index contributed by atoms with van der Waals surface area (Å²) in [7, 11) is 0. The standard InChI is InChI=1S/C20H31N3O3S/c1-16-3-5-18(27-16)7-8-21-20(25)17-4-6-19(24)23(15-17)10-2-9-22-11-13-26-14-12-22/h3,5,17H,2,4,6-15H2,1H3,(H,21,25). The summed E-state index contributed by atoms with van der Waals surface area (Å²) in [6, 6.07) is 4.24. The van der Waals surface area contributed by atoms with E-state index in [9.17, 15) is 9.59 Å². The quantitative estimate of drug-likeness (QED) is 0.730. The molecule has 1 aromatic heterocycles. The fraction of sp³-hybridized carbons (Fsp3) is 0.700. The minimum atomic E-state index is -0.0730. The molecule has 0 aliphatic carbocycles. The van der Waals surface area contributed by atoms with Crippen molar-refractivity contribution in [3.63, 3.8) is 0 Å². The highest BCUT2D eigenvalue weighted by molar-refractivity contribution is 7.11. The molecular formula is C20H31N3O3S. The maximum Gasteiger partial charge on any atom is 0.224 e. The summed E-state index contributed by atoms with van der Waals surface area (Å²) < 4.78 is 5.37. The lowest BCUT2D eigenvalue weighted by Crippen LogP contribution is -2.47. The van der Waals surface area contributed by atoms with Gasteiger partial charge in [-0.15, -0.1) is 11.3 Å². The summed E-state index contributed by atoms with van der Waals surface area (Å²) >= 11 is 1.78. The lowest BCUT2D eigenvalue weighted by atomic mass is 9.96. The van der Waals surface area contributed by atoms with Crippen molar-refractivity contribution in [3.8, 4) is 0 Å². The number of thiophene rings is 1. The molecule has 150 valence electrons. The fourth-order valence-corrected chi connectivity index (χ4v) is 4.62. The molecule has 2 aliphatic rings. The highest BCUT2D eigenvalue weighted by Crippen LogP contribution is 2.19. The van der Waals surface area contributed by atoms with Crippen LogP contribution in [0.3, 0.4) is 0 Å². The second kappa shape index (κ2) is 10.2. The lowest BCUT2D eigenvalue weighted by molar-refractivity contribution is -0.138. The Balaban J connectivity index is 1.37. The Labute approximate surface area is 165 Å². The van der Waals surface area contributed by atoms with Crippen molar-refractivity contribution in [3.05, 3.63) is 21.9 Å². The number of hydrogen-bond acceptors (Lipinski definition) is 5. The smallest absolute Gasteiger partial charge is 0.224 e. The zero-order valence-electron chi connectivity index (χ0n) is 16.2. The molecule has 0 spiro atoms. The van der Waals surface area contributed by atoms with Crippen LogP contribution in [0, 0.1) is 12.8 Å². The average molecular weight is 394 g/mol. The number of amides is 2. The second-order valence-electron chi connectivity index (χ2n) is 7.44. The molecular weight excluding hydrogens is 362 g/mol. The predicted octanol–water partition coefficient (Wildman–Crippen LogP) is 1.68. The van der Waals surface area contributed by atoms with E-state index in [0.717, 1.165) is 52.2 Å². The molecule has 3 heterocycles. The van der Waals surface area contributed by atoms with Gasteiger partial charge in [0.25, 0.3) is 0 Å². The minimum Gasteiger partial charge on any atom is -0.379 e. The first-order chi connectivity index (χ1) is 13.1. The monoisotopic (exact) mass is 393 g/mol. The van der Waals surface area contributed by atoms with E-state index < -0.39 is 0 Å². The van der Waals surface area contributed by atoms with Crippen LogP contribution < -0.4 is 5.32 Å². The molecule has 3 rings (SSSR count). The molecule has 6 nitrogen and oxygen atoms in total. The molecule has 1 atom stereocenters. The van der Waals surface area contributed by atoms with Crippen LogP contribution in [0.1, 0.15) is 29.0 Å². The summed E-state index contributed by atoms with van der Waals surface area (Å²) in [6.45, 7) is 8.61. The van der Waals surface area contributed by atoms with E-state index in [0.29, 0.717) is 25.9 Å². The van der Waals surface area contributed by atoms with Gasteiger partial charge in [0.1, 0.15) is 0 Å². The second-order valence-corrected chi connectivity index (χ2v) is 8.81. The van der Waals surface area contributed by atoms with Crippen molar-refractivity contribution in [1.82, 2.24) is 15.1 Å². The van der Waals surface area contributed by atoms with E-state index >= 15 is 0 Å². The average Bonchev–Trinajstić information content (AvgIpc) is 3.09. The van der Waals surface area contributed by atoms with Crippen LogP contribution in [0.2, 0.25) is 0 Å². The Morgan fingerprint density at radius 1 is 1.30 bits per heavy atom. The highest BCUT2D eigenvalue weighted by Gasteiger charge is 2.29. The van der Waals surface area contributed by atoms with Gasteiger partial charge in [-0.25, -0.2) is 0 Å². The number of aryl methyl sites for hydroxylation is 1. The Kier molecular flexibility index (Phi) is 7.67. The summed E-state index contributed by atoms with van der Waals surface area (Å²) in [5, 5.41) is 3.06. The topological polar surface area (TPSA) is 61.9 Å². The van der Waals surface area contributed by atoms with Gasteiger partial charge >= 0.3 is 0 Å². The Bertz CT molecular complexity index is 628. The van der Waals surface area contributed by atoms with Crippen LogP contribution in [-0.2, 0) is 20.7 Å². The van der Waals surface area contributed by atoms with Crippen molar-refractivity contribution in [2.75, 3.05) is 52.5 Å². The zero-order valence-corrected chi connectivity index (χ0v) is 17.1. The number of carbonyl (C=O) groups is 2. The zero-order chi connectivity index (χ0) is 19.1. The molecule has 2 amide bonds. The molecule has 2 saturated heterocycles. The number of ether oxygens (including phenoxy) is 1. The number of hydrogen-bond donors (Lipinski definition) is 1. The van der Waals surface area contributed by atoms with E-state index in [4.69, 9.17) is 4.74 Å². The predicted molar refractivity (Wildman–Crippen MR) is 107 cm³/mol. The van der Waals surface area contributed by atoms with Gasteiger partial charge in [-0.3, -0.25) is 14.5 Å². The van der Waals surface area contributed by atoms with Crippen molar-refractivity contribution >= 4 is 23.2 Å². The van der Waals surface area contributed by atoms with E-state index in [-0.39, 0.29) is 17.7 Å². The van der Waals surface area contributed by atoms with E-state index in [1.54, 1.807) is 11.3 Å². The first-order valence-electron chi connectivity index (χ1n) is 10.0. The molecule has 0 radical (unpaired) electrons. The molecule has 0 saturated carbocycles. The fourth-order valence-electron chi connectivity index (χ4n) is 3.73. The van der Waals surface area contributed by atoms with Gasteiger partial charge in [-0.05, 0) is 38.3 Å². The van der Waals surface area contributed by atoms with Crippen LogP contribution in [0.4, 0.5) is 0 Å². The third-order valence-corrected chi connectivity index (χ3v) is 6.40. The van der Waals surface area contributed by atoms with Crippen LogP contribution in [0.15, 0.2) is 12.1 Å². The van der Waals surface area contributed by atoms with E-state index in [1.165, 1.54) is 9.75 Å². The number of piperidine rings is 1. The normalized spacial score (nSPS) is 21.4. The first-order valence-corrected chi connectivity index (χ1v) is 10.8. The highest BCUT2D eigenvalue weighted by atomic mass is 32.1. The Morgan fingerprint density at radius 2 is 2.11 bits per heavy atom. The first kappa shape index (κ1) is 20.3. The van der Waals surface area contributed by atoms with Gasteiger partial charge in [0.2, 0.25) is 11.8 Å². The number of nitrogens with zero attached hydrogens (tertiary/aromatic N) is 2. The number of morpholine rings is 1. The Morgan fingerprint density at radius 3 is 2.85 bits per heavy atom. The molecule has 0 aromatic carbocycles. The van der Waals surface area contributed by atoms with Crippen molar-refractivity contribution < 1.29 is 14.3 Å². The molecule has 1 aromatic rings. The molecule has 2 fully saturated rings. The minimum absolute atomic E-state index is 0.0730. The van der Waals surface area contributed by atoms with Crippen LogP contribution in [0.25, 0.3) is 0 Å². The van der Waals surface area contributed by atoms with Gasteiger partial charge in [0.05, 0.1) is 19.1 Å². The summed E-state index contributed by atoms with van der Waals surface area (Å²) in [4.78, 5) is 31.6. The van der Waals surface area contributed by atoms with Gasteiger partial charge in [-0.2, -0.15) is 0 Å². The molecule has 7 heteroatoms. The van der Waals surface area contributed by atoms with Crippen LogP contribution >= 0.6 is 11.3 Å². The lowest BCUT2D eigenvalue weighted by Gasteiger charge is -2.33. The van der Waals surface area contributed by atoms with Gasteiger partial charge in [-0.1, -0.05) is 0 Å². The third kappa shape index (κ3) is 6.30. The van der Waals surface area contributed by atoms with Gasteiger partial charge in [0, 0.05) is 55.4 Å². The molecule has 2 aliphatic heterocycles. The maximum atomic E-state index is 12.5. The number of nitrogens with one attached hydrogen (secondary N) is 1. The third-order valence-electron chi connectivity index (χ3n) is 5.34. The molecule has 0 bridgehead atoms. The summed E-state index contributed by atoms with van der Waals surface area (Å²) in [5.41, 5.74) is 0. The van der Waals surface area contributed by atoms with Crippen molar-refractivity contribution in [2.45, 2.75) is 32.6 Å². The number of carbonyl (C=O) groups excluding carboxylic acids is 2. The number of likely N-dealkylation sites (tertiary alicyclic amines) is 1. The van der Waals surface area contributed by atoms with E-state index in [2.05, 4.69) is 29.3 Å². The summed E-state index contributed by atoms with van der Waals surface area (Å²) in [6.07, 6.45) is 2.99. The van der Waals surface area contributed by atoms with Crippen LogP contribution in [0.5, 0.6) is 0 Å². The van der Waals surface area contributed by atoms with Gasteiger partial charge in [0.15, 0.2) is 0 Å². The molecule has 1 unspecified atom stereocenters. The van der Waals surface area contributed by atoms with Crippen molar-refractivity contribution in [2.24, 2.45) is 5.92 Å². The largest absolute Gasteiger partial charge is 0.379 e. The molecule has 27 heavy (non-hydrogen) atoms. The van der Waals surface area contributed by atoms with Gasteiger partial charge < -0.3 is 15.0 Å². The SMILES string of the molecule is Cc1ccc(CCNC(=O)C2CCC(=O)N(CCCN3CCOCC3)C2)s1. The maximum absolute atomic E-state index is 12.5. The van der Waals surface area contributed by atoms with E-state index in [1.807, 2.05) is 4.90 Å². The molecule has 1 N–H and O–H groups in total. The number of rotatable bonds is 8. The Hall–Kier alpha value is -1.44.